The number of alkyl halides is 1. The molecule has 0 saturated heterocycles. The number of carbonyl (C=O) groups excluding carboxylic acids is 3. The minimum absolute atomic E-state index is 0.0294. The van der Waals surface area contributed by atoms with E-state index in [9.17, 15) is 19.5 Å². The molecule has 0 heterocycles. The van der Waals surface area contributed by atoms with Crippen LogP contribution in [0.25, 0.3) is 0 Å². The Morgan fingerprint density at radius 3 is 2.73 bits per heavy atom. The van der Waals surface area contributed by atoms with E-state index in [1.165, 1.54) is 12.2 Å². The van der Waals surface area contributed by atoms with Crippen LogP contribution in [0.1, 0.15) is 66.2 Å². The lowest BCUT2D eigenvalue weighted by Gasteiger charge is -2.52. The van der Waals surface area contributed by atoms with Gasteiger partial charge in [-0.05, 0) is 66.7 Å². The average molecular weight is 459 g/mol. The molecule has 1 N–H and O–H groups in total. The molecular formula is C27H35FO5. The standard InChI is InChI=1S/C27H35FO5/c1-5-6-7-23(32)33-14-22(31)24-15(2)10-18-17-12-20(28)19-11-16(29)8-9-26(19,3)25(17)21(30)13-27(18,24)4/h8-9,11,15,18,20-21,24,30H,5-7,10,12-14H2,1-4H3/t15-,18+,20+,21+,24-,26+,27+/m1/s1. The third-order valence-electron chi connectivity index (χ3n) is 8.65. The van der Waals surface area contributed by atoms with E-state index >= 15 is 4.39 Å². The molecule has 0 aromatic rings. The van der Waals surface area contributed by atoms with Gasteiger partial charge in [0.2, 0.25) is 0 Å². The number of hydrogen-bond donors (Lipinski definition) is 1. The fourth-order valence-corrected chi connectivity index (χ4v) is 7.29. The Kier molecular flexibility index (Phi) is 6.27. The second-order valence-electron chi connectivity index (χ2n) is 10.8. The van der Waals surface area contributed by atoms with Crippen LogP contribution in [0.4, 0.5) is 4.39 Å². The van der Waals surface area contributed by atoms with Gasteiger partial charge in [-0.15, -0.1) is 0 Å². The lowest BCUT2D eigenvalue weighted by molar-refractivity contribution is -0.151. The summed E-state index contributed by atoms with van der Waals surface area (Å²) in [5.74, 6) is -1.05. The Morgan fingerprint density at radius 2 is 2.03 bits per heavy atom. The highest BCUT2D eigenvalue weighted by Gasteiger charge is 2.61. The van der Waals surface area contributed by atoms with Crippen molar-refractivity contribution in [1.82, 2.24) is 0 Å². The molecule has 5 nitrogen and oxygen atoms in total. The summed E-state index contributed by atoms with van der Waals surface area (Å²) in [4.78, 5) is 37.1. The Balaban J connectivity index is 1.64. The van der Waals surface area contributed by atoms with E-state index in [0.717, 1.165) is 30.4 Å². The fourth-order valence-electron chi connectivity index (χ4n) is 7.29. The van der Waals surface area contributed by atoms with Gasteiger partial charge in [-0.1, -0.05) is 38.8 Å². The molecule has 6 heteroatoms. The molecule has 0 bridgehead atoms. The SMILES string of the molecule is CCCCC(=O)OCC(=O)[C@H]1[C@H](C)C[C@H]2C3=C([C@@H](O)C[C@@]21C)[C@@]1(C)C=CC(=O)C=C1[C@@H](F)C3. The van der Waals surface area contributed by atoms with Gasteiger partial charge in [0, 0.05) is 24.2 Å². The Bertz CT molecular complexity index is 962. The predicted molar refractivity (Wildman–Crippen MR) is 122 cm³/mol. The zero-order valence-electron chi connectivity index (χ0n) is 20.0. The monoisotopic (exact) mass is 458 g/mol. The average Bonchev–Trinajstić information content (AvgIpc) is 3.01. The molecule has 33 heavy (non-hydrogen) atoms. The number of fused-ring (bicyclic) bond motifs is 4. The van der Waals surface area contributed by atoms with Crippen LogP contribution in [-0.2, 0) is 19.1 Å². The van der Waals surface area contributed by atoms with E-state index in [-0.39, 0.29) is 48.3 Å². The van der Waals surface area contributed by atoms with Gasteiger partial charge in [-0.2, -0.15) is 0 Å². The maximum absolute atomic E-state index is 15.4. The number of Topliss-reactive ketones (excluding diaryl/α,β-unsaturated/α-hetero) is 1. The van der Waals surface area contributed by atoms with Gasteiger partial charge in [-0.3, -0.25) is 14.4 Å². The molecule has 180 valence electrons. The third kappa shape index (κ3) is 3.84. The quantitative estimate of drug-likeness (QED) is 0.470. The number of esters is 1. The fraction of sp³-hybridized carbons (Fsp3) is 0.667. The Morgan fingerprint density at radius 1 is 1.30 bits per heavy atom. The van der Waals surface area contributed by atoms with E-state index < -0.39 is 23.1 Å². The maximum atomic E-state index is 15.4. The highest BCUT2D eigenvalue weighted by atomic mass is 19.1. The van der Waals surface area contributed by atoms with Gasteiger partial charge in [0.15, 0.2) is 11.6 Å². The van der Waals surface area contributed by atoms with Crippen LogP contribution in [0.2, 0.25) is 0 Å². The first kappa shape index (κ1) is 24.1. The van der Waals surface area contributed by atoms with Crippen LogP contribution in [0.5, 0.6) is 0 Å². The first-order chi connectivity index (χ1) is 15.5. The highest BCUT2D eigenvalue weighted by Crippen LogP contribution is 2.65. The van der Waals surface area contributed by atoms with Gasteiger partial charge < -0.3 is 9.84 Å². The van der Waals surface area contributed by atoms with Crippen molar-refractivity contribution >= 4 is 17.5 Å². The molecule has 7 atom stereocenters. The predicted octanol–water partition coefficient (Wildman–Crippen LogP) is 4.44. The van der Waals surface area contributed by atoms with Gasteiger partial charge >= 0.3 is 5.97 Å². The van der Waals surface area contributed by atoms with Crippen molar-refractivity contribution in [2.24, 2.45) is 28.6 Å². The van der Waals surface area contributed by atoms with E-state index in [4.69, 9.17) is 4.74 Å². The maximum Gasteiger partial charge on any atom is 0.306 e. The first-order valence-electron chi connectivity index (χ1n) is 12.2. The third-order valence-corrected chi connectivity index (χ3v) is 8.65. The smallest absolute Gasteiger partial charge is 0.306 e. The molecule has 0 aromatic carbocycles. The van der Waals surface area contributed by atoms with Crippen molar-refractivity contribution in [2.75, 3.05) is 6.61 Å². The van der Waals surface area contributed by atoms with Crippen molar-refractivity contribution in [2.45, 2.75) is 78.5 Å². The number of allylic oxidation sites excluding steroid dienone is 5. The molecule has 1 saturated carbocycles. The summed E-state index contributed by atoms with van der Waals surface area (Å²) in [5, 5.41) is 11.4. The summed E-state index contributed by atoms with van der Waals surface area (Å²) in [6.45, 7) is 7.68. The number of ketones is 2. The molecule has 0 radical (unpaired) electrons. The van der Waals surface area contributed by atoms with Crippen LogP contribution in [0, 0.1) is 28.6 Å². The molecular weight excluding hydrogens is 423 g/mol. The van der Waals surface area contributed by atoms with Crippen LogP contribution < -0.4 is 0 Å². The lowest BCUT2D eigenvalue weighted by Crippen LogP contribution is -2.49. The zero-order chi connectivity index (χ0) is 24.1. The molecule has 0 unspecified atom stereocenters. The van der Waals surface area contributed by atoms with E-state index in [2.05, 4.69) is 0 Å². The van der Waals surface area contributed by atoms with Crippen molar-refractivity contribution in [3.8, 4) is 0 Å². The second kappa shape index (κ2) is 8.61. The topological polar surface area (TPSA) is 80.7 Å². The second-order valence-corrected chi connectivity index (χ2v) is 10.8. The summed E-state index contributed by atoms with van der Waals surface area (Å²) >= 11 is 0. The van der Waals surface area contributed by atoms with Gasteiger partial charge in [-0.25, -0.2) is 4.39 Å². The van der Waals surface area contributed by atoms with Crippen LogP contribution >= 0.6 is 0 Å². The zero-order valence-corrected chi connectivity index (χ0v) is 20.0. The number of hydrogen-bond acceptors (Lipinski definition) is 5. The van der Waals surface area contributed by atoms with Crippen LogP contribution in [0.15, 0.2) is 34.9 Å². The number of ether oxygens (including phenoxy) is 1. The van der Waals surface area contributed by atoms with Gasteiger partial charge in [0.25, 0.3) is 0 Å². The summed E-state index contributed by atoms with van der Waals surface area (Å²) < 4.78 is 20.7. The summed E-state index contributed by atoms with van der Waals surface area (Å²) in [7, 11) is 0. The number of aliphatic hydroxyl groups is 1. The number of halogens is 1. The summed E-state index contributed by atoms with van der Waals surface area (Å²) in [6.07, 6.45) is 5.64. The van der Waals surface area contributed by atoms with Crippen molar-refractivity contribution < 1.29 is 28.6 Å². The number of unbranched alkanes of at least 4 members (excludes halogenated alkanes) is 1. The minimum Gasteiger partial charge on any atom is -0.458 e. The lowest BCUT2D eigenvalue weighted by atomic mass is 9.53. The molecule has 1 fully saturated rings. The molecule has 0 spiro atoms. The van der Waals surface area contributed by atoms with Crippen LogP contribution in [-0.4, -0.2) is 41.5 Å². The van der Waals surface area contributed by atoms with Gasteiger partial charge in [0.1, 0.15) is 12.8 Å². The molecule has 0 aliphatic heterocycles. The molecule has 4 aliphatic carbocycles. The summed E-state index contributed by atoms with van der Waals surface area (Å²) in [5.41, 5.74) is 0.788. The molecule has 0 aromatic heterocycles. The van der Waals surface area contributed by atoms with E-state index in [0.29, 0.717) is 18.4 Å². The molecule has 0 amide bonds. The normalized spacial score (nSPS) is 39.5. The van der Waals surface area contributed by atoms with Gasteiger partial charge in [0.05, 0.1) is 6.10 Å². The Hall–Kier alpha value is -2.08. The van der Waals surface area contributed by atoms with E-state index in [1.807, 2.05) is 27.7 Å². The molecule has 4 rings (SSSR count). The number of carbonyl (C=O) groups is 3. The largest absolute Gasteiger partial charge is 0.458 e. The number of aliphatic hydroxyl groups excluding tert-OH is 1. The first-order valence-corrected chi connectivity index (χ1v) is 12.2. The Labute approximate surface area is 195 Å². The van der Waals surface area contributed by atoms with Crippen molar-refractivity contribution in [1.29, 1.82) is 0 Å². The van der Waals surface area contributed by atoms with Crippen LogP contribution in [0.3, 0.4) is 0 Å². The highest BCUT2D eigenvalue weighted by molar-refractivity contribution is 6.01. The number of rotatable bonds is 6. The van der Waals surface area contributed by atoms with Crippen molar-refractivity contribution in [3.63, 3.8) is 0 Å². The van der Waals surface area contributed by atoms with E-state index in [1.54, 1.807) is 6.08 Å². The molecule has 4 aliphatic rings. The summed E-state index contributed by atoms with van der Waals surface area (Å²) in [6, 6.07) is 0. The van der Waals surface area contributed by atoms with Crippen molar-refractivity contribution in [3.05, 3.63) is 34.9 Å². The minimum atomic E-state index is -1.29.